The zero-order valence-corrected chi connectivity index (χ0v) is 18.3. The van der Waals surface area contributed by atoms with E-state index in [9.17, 15) is 9.59 Å². The molecular weight excluding hydrogens is 396 g/mol. The highest BCUT2D eigenvalue weighted by atomic mass is 32.2. The molecule has 156 valence electrons. The first kappa shape index (κ1) is 21.8. The van der Waals surface area contributed by atoms with Gasteiger partial charge >= 0.3 is 0 Å². The molecule has 0 aliphatic carbocycles. The van der Waals surface area contributed by atoms with E-state index >= 15 is 0 Å². The average molecular weight is 423 g/mol. The highest BCUT2D eigenvalue weighted by molar-refractivity contribution is 8.00. The zero-order valence-electron chi connectivity index (χ0n) is 17.5. The minimum absolute atomic E-state index is 0.0215. The summed E-state index contributed by atoms with van der Waals surface area (Å²) in [6.45, 7) is 6.65. The lowest BCUT2D eigenvalue weighted by Crippen LogP contribution is -2.14. The molecular formula is C23H26N4O2S. The number of hydrogen-bond acceptors (Lipinski definition) is 5. The first-order chi connectivity index (χ1) is 14.4. The fraction of sp³-hybridized carbons (Fsp3) is 0.304. The van der Waals surface area contributed by atoms with Crippen molar-refractivity contribution in [1.82, 2.24) is 14.8 Å². The summed E-state index contributed by atoms with van der Waals surface area (Å²) in [5.41, 5.74) is 9.10. The van der Waals surface area contributed by atoms with Crippen LogP contribution in [0.1, 0.15) is 51.5 Å². The van der Waals surface area contributed by atoms with E-state index in [4.69, 9.17) is 5.73 Å². The zero-order chi connectivity index (χ0) is 21.7. The molecule has 2 aromatic carbocycles. The smallest absolute Gasteiger partial charge is 0.217 e. The third-order valence-corrected chi connectivity index (χ3v) is 6.12. The Labute approximate surface area is 180 Å². The maximum Gasteiger partial charge on any atom is 0.217 e. The molecule has 1 amide bonds. The molecule has 7 heteroatoms. The Morgan fingerprint density at radius 2 is 1.60 bits per heavy atom. The lowest BCUT2D eigenvalue weighted by atomic mass is 10.0. The van der Waals surface area contributed by atoms with Gasteiger partial charge in [-0.2, -0.15) is 0 Å². The summed E-state index contributed by atoms with van der Waals surface area (Å²) < 4.78 is 1.94. The molecule has 0 saturated heterocycles. The second-order valence-electron chi connectivity index (χ2n) is 7.25. The Balaban J connectivity index is 1.95. The number of amides is 1. The van der Waals surface area contributed by atoms with Gasteiger partial charge in [0.1, 0.15) is 11.1 Å². The van der Waals surface area contributed by atoms with Crippen LogP contribution < -0.4 is 5.73 Å². The average Bonchev–Trinajstić information content (AvgIpc) is 3.13. The van der Waals surface area contributed by atoms with Crippen molar-refractivity contribution in [2.24, 2.45) is 5.73 Å². The standard InChI is InChI=1S/C23H26N4O2S/c1-4-27-20(14-13-19(24)28)25-26-23(27)30-22(18-11-7-16(3)8-12-18)21(29)17-9-5-15(2)6-10-17/h5-12,22H,4,13-14H2,1-3H3,(H2,24,28)/t22-/m0/s1. The summed E-state index contributed by atoms with van der Waals surface area (Å²) in [6, 6.07) is 15.6. The fourth-order valence-corrected chi connectivity index (χ4v) is 4.33. The quantitative estimate of drug-likeness (QED) is 0.415. The van der Waals surface area contributed by atoms with Crippen LogP contribution in [-0.4, -0.2) is 26.5 Å². The maximum atomic E-state index is 13.4. The van der Waals surface area contributed by atoms with Crippen LogP contribution in [-0.2, 0) is 17.8 Å². The third kappa shape index (κ3) is 5.16. The highest BCUT2D eigenvalue weighted by Crippen LogP contribution is 2.37. The summed E-state index contributed by atoms with van der Waals surface area (Å²) in [4.78, 5) is 24.6. The van der Waals surface area contributed by atoms with Crippen LogP contribution in [0.2, 0.25) is 0 Å². The summed E-state index contributed by atoms with van der Waals surface area (Å²) in [7, 11) is 0. The van der Waals surface area contributed by atoms with Gasteiger partial charge in [0.2, 0.25) is 5.91 Å². The first-order valence-electron chi connectivity index (χ1n) is 9.93. The highest BCUT2D eigenvalue weighted by Gasteiger charge is 2.26. The molecule has 3 aromatic rings. The fourth-order valence-electron chi connectivity index (χ4n) is 3.13. The number of nitrogens with zero attached hydrogens (tertiary/aromatic N) is 3. The van der Waals surface area contributed by atoms with Crippen LogP contribution in [0.4, 0.5) is 0 Å². The van der Waals surface area contributed by atoms with Gasteiger partial charge in [0, 0.05) is 24.9 Å². The van der Waals surface area contributed by atoms with Gasteiger partial charge in [-0.25, -0.2) is 0 Å². The number of hydrogen-bond donors (Lipinski definition) is 1. The van der Waals surface area contributed by atoms with Crippen molar-refractivity contribution in [2.45, 2.75) is 50.6 Å². The summed E-state index contributed by atoms with van der Waals surface area (Å²) in [5.74, 6) is 0.347. The molecule has 0 bridgehead atoms. The van der Waals surface area contributed by atoms with E-state index in [0.717, 1.165) is 16.7 Å². The summed E-state index contributed by atoms with van der Waals surface area (Å²) in [5, 5.41) is 8.75. The van der Waals surface area contributed by atoms with E-state index < -0.39 is 5.25 Å². The van der Waals surface area contributed by atoms with Gasteiger partial charge < -0.3 is 10.3 Å². The third-order valence-electron chi connectivity index (χ3n) is 4.88. The molecule has 1 heterocycles. The van der Waals surface area contributed by atoms with Crippen LogP contribution in [0.5, 0.6) is 0 Å². The van der Waals surface area contributed by atoms with Crippen molar-refractivity contribution < 1.29 is 9.59 Å². The van der Waals surface area contributed by atoms with Crippen molar-refractivity contribution in [3.8, 4) is 0 Å². The minimum atomic E-state index is -0.452. The SMILES string of the molecule is CCn1c(CCC(N)=O)nnc1S[C@H](C(=O)c1ccc(C)cc1)c1ccc(C)cc1. The van der Waals surface area contributed by atoms with E-state index in [-0.39, 0.29) is 18.1 Å². The van der Waals surface area contributed by atoms with Gasteiger partial charge in [-0.15, -0.1) is 10.2 Å². The van der Waals surface area contributed by atoms with E-state index in [1.165, 1.54) is 11.8 Å². The molecule has 2 N–H and O–H groups in total. The van der Waals surface area contributed by atoms with Gasteiger partial charge in [0.15, 0.2) is 10.9 Å². The van der Waals surface area contributed by atoms with Gasteiger partial charge in [-0.1, -0.05) is 71.4 Å². The Bertz CT molecular complexity index is 1030. The number of aryl methyl sites for hydroxylation is 3. The predicted molar refractivity (Wildman–Crippen MR) is 118 cm³/mol. The van der Waals surface area contributed by atoms with Crippen LogP contribution in [0.25, 0.3) is 0 Å². The molecule has 0 unspecified atom stereocenters. The number of nitrogens with two attached hydrogens (primary N) is 1. The number of aromatic nitrogens is 3. The largest absolute Gasteiger partial charge is 0.370 e. The number of benzene rings is 2. The Morgan fingerprint density at radius 3 is 2.17 bits per heavy atom. The van der Waals surface area contributed by atoms with Gasteiger partial charge in [0.05, 0.1) is 0 Å². The molecule has 30 heavy (non-hydrogen) atoms. The number of carbonyl (C=O) groups excluding carboxylic acids is 2. The predicted octanol–water partition coefficient (Wildman–Crippen LogP) is 4.05. The molecule has 0 aliphatic heterocycles. The lowest BCUT2D eigenvalue weighted by Gasteiger charge is -2.17. The number of thioether (sulfide) groups is 1. The Morgan fingerprint density at radius 1 is 1.00 bits per heavy atom. The molecule has 0 fully saturated rings. The maximum absolute atomic E-state index is 13.4. The number of Topliss-reactive ketones (excluding diaryl/α,β-unsaturated/α-hetero) is 1. The van der Waals surface area contributed by atoms with Crippen molar-refractivity contribution in [3.05, 3.63) is 76.6 Å². The van der Waals surface area contributed by atoms with E-state index in [1.54, 1.807) is 0 Å². The molecule has 1 atom stereocenters. The normalized spacial score (nSPS) is 12.0. The molecule has 0 saturated carbocycles. The number of ketones is 1. The molecule has 1 aromatic heterocycles. The Kier molecular flexibility index (Phi) is 7.05. The molecule has 0 spiro atoms. The second-order valence-corrected chi connectivity index (χ2v) is 8.32. The lowest BCUT2D eigenvalue weighted by molar-refractivity contribution is -0.118. The molecule has 0 radical (unpaired) electrons. The minimum Gasteiger partial charge on any atom is -0.370 e. The second kappa shape index (κ2) is 9.71. The molecule has 3 rings (SSSR count). The Hall–Kier alpha value is -2.93. The monoisotopic (exact) mass is 422 g/mol. The van der Waals surface area contributed by atoms with Gasteiger partial charge in [-0.3, -0.25) is 9.59 Å². The van der Waals surface area contributed by atoms with E-state index in [1.807, 2.05) is 73.9 Å². The topological polar surface area (TPSA) is 90.9 Å². The van der Waals surface area contributed by atoms with Gasteiger partial charge in [0.25, 0.3) is 0 Å². The van der Waals surface area contributed by atoms with Crippen molar-refractivity contribution >= 4 is 23.5 Å². The van der Waals surface area contributed by atoms with Crippen molar-refractivity contribution in [2.75, 3.05) is 0 Å². The van der Waals surface area contributed by atoms with Crippen LogP contribution in [0, 0.1) is 13.8 Å². The van der Waals surface area contributed by atoms with E-state index in [0.29, 0.717) is 29.5 Å². The molecule has 6 nitrogen and oxygen atoms in total. The van der Waals surface area contributed by atoms with Crippen molar-refractivity contribution in [1.29, 1.82) is 0 Å². The molecule has 0 aliphatic rings. The number of carbonyl (C=O) groups is 2. The van der Waals surface area contributed by atoms with Gasteiger partial charge in [-0.05, 0) is 26.3 Å². The summed E-state index contributed by atoms with van der Waals surface area (Å²) >= 11 is 1.38. The summed E-state index contributed by atoms with van der Waals surface area (Å²) in [6.07, 6.45) is 0.643. The van der Waals surface area contributed by atoms with Crippen LogP contribution in [0.15, 0.2) is 53.7 Å². The van der Waals surface area contributed by atoms with Crippen LogP contribution >= 0.6 is 11.8 Å². The first-order valence-corrected chi connectivity index (χ1v) is 10.8. The number of primary amides is 1. The van der Waals surface area contributed by atoms with Crippen molar-refractivity contribution in [3.63, 3.8) is 0 Å². The number of rotatable bonds is 9. The van der Waals surface area contributed by atoms with E-state index in [2.05, 4.69) is 10.2 Å². The van der Waals surface area contributed by atoms with Crippen LogP contribution in [0.3, 0.4) is 0 Å².